The number of para-hydroxylation sites is 1. The number of hydrogen-bond acceptors (Lipinski definition) is 4. The first kappa shape index (κ1) is 13.3. The molecule has 1 fully saturated rings. The highest BCUT2D eigenvalue weighted by Gasteiger charge is 2.30. The van der Waals surface area contributed by atoms with Crippen molar-refractivity contribution >= 4 is 11.8 Å². The predicted octanol–water partition coefficient (Wildman–Crippen LogP) is 2.67. The van der Waals surface area contributed by atoms with Crippen molar-refractivity contribution in [3.8, 4) is 5.75 Å². The lowest BCUT2D eigenvalue weighted by molar-refractivity contribution is 0.254. The Labute approximate surface area is 119 Å². The van der Waals surface area contributed by atoms with Crippen LogP contribution in [0.4, 0.5) is 0 Å². The first-order chi connectivity index (χ1) is 9.38. The number of hydrazine groups is 1. The van der Waals surface area contributed by atoms with Gasteiger partial charge in [0.25, 0.3) is 0 Å². The van der Waals surface area contributed by atoms with Crippen LogP contribution in [-0.4, -0.2) is 23.7 Å². The number of thioether (sulfide) groups is 1. The average molecular weight is 278 g/mol. The molecule has 4 heteroatoms. The molecule has 3 atom stereocenters. The maximum atomic E-state index is 5.80. The van der Waals surface area contributed by atoms with E-state index in [0.29, 0.717) is 17.2 Å². The Morgan fingerprint density at radius 1 is 1.37 bits per heavy atom. The lowest BCUT2D eigenvalue weighted by Crippen LogP contribution is -2.43. The highest BCUT2D eigenvalue weighted by molar-refractivity contribution is 8.00. The third kappa shape index (κ3) is 2.91. The van der Waals surface area contributed by atoms with E-state index < -0.39 is 0 Å². The monoisotopic (exact) mass is 278 g/mol. The molecule has 0 aliphatic carbocycles. The van der Waals surface area contributed by atoms with Gasteiger partial charge in [0.1, 0.15) is 5.75 Å². The summed E-state index contributed by atoms with van der Waals surface area (Å²) in [6, 6.07) is 8.86. The molecule has 3 unspecified atom stereocenters. The Balaban J connectivity index is 1.72. The molecule has 3 rings (SSSR count). The Morgan fingerprint density at radius 2 is 2.26 bits per heavy atom. The topological polar surface area (TPSA) is 47.3 Å². The normalized spacial score (nSPS) is 27.6. The summed E-state index contributed by atoms with van der Waals surface area (Å²) < 4.78 is 5.74. The van der Waals surface area contributed by atoms with Gasteiger partial charge < -0.3 is 4.74 Å². The Morgan fingerprint density at radius 3 is 3.05 bits per heavy atom. The second-order valence-electron chi connectivity index (χ2n) is 5.43. The van der Waals surface area contributed by atoms with E-state index in [2.05, 4.69) is 35.4 Å². The van der Waals surface area contributed by atoms with Crippen molar-refractivity contribution in [2.24, 2.45) is 5.84 Å². The number of rotatable bonds is 4. The number of nitrogens with two attached hydrogens (primary N) is 1. The summed E-state index contributed by atoms with van der Waals surface area (Å²) in [5, 5.41) is 0.681. The van der Waals surface area contributed by atoms with Gasteiger partial charge in [0.2, 0.25) is 0 Å². The summed E-state index contributed by atoms with van der Waals surface area (Å²) in [7, 11) is 0. The first-order valence-corrected chi connectivity index (χ1v) is 8.23. The number of ether oxygens (including phenoxy) is 1. The fourth-order valence-electron chi connectivity index (χ4n) is 3.21. The van der Waals surface area contributed by atoms with Crippen LogP contribution in [0.2, 0.25) is 0 Å². The molecule has 3 nitrogen and oxygen atoms in total. The molecule has 0 aromatic heterocycles. The third-order valence-electron chi connectivity index (χ3n) is 4.25. The molecule has 1 aromatic carbocycles. The quantitative estimate of drug-likeness (QED) is 0.656. The summed E-state index contributed by atoms with van der Waals surface area (Å²) >= 11 is 2.07. The fraction of sp³-hybridized carbons (Fsp3) is 0.600. The minimum Gasteiger partial charge on any atom is -0.493 e. The van der Waals surface area contributed by atoms with Crippen molar-refractivity contribution in [1.29, 1.82) is 0 Å². The molecule has 0 amide bonds. The Bertz CT molecular complexity index is 420. The number of benzene rings is 1. The molecule has 104 valence electrons. The molecule has 0 spiro atoms. The van der Waals surface area contributed by atoms with Crippen LogP contribution < -0.4 is 16.0 Å². The van der Waals surface area contributed by atoms with Crippen LogP contribution in [0, 0.1) is 0 Å². The number of hydrogen-bond donors (Lipinski definition) is 2. The summed E-state index contributed by atoms with van der Waals surface area (Å²) in [6.07, 6.45) is 4.85. The molecule has 0 bridgehead atoms. The van der Waals surface area contributed by atoms with Crippen molar-refractivity contribution in [3.05, 3.63) is 29.8 Å². The van der Waals surface area contributed by atoms with Crippen LogP contribution >= 0.6 is 11.8 Å². The zero-order valence-electron chi connectivity index (χ0n) is 11.2. The standard InChI is InChI=1S/C15H22N2OS/c16-17-13(15-6-3-9-19-15)10-11-7-8-18-14-5-2-1-4-12(11)14/h1-2,4-5,11,13,15,17H,3,6-10,16H2. The van der Waals surface area contributed by atoms with E-state index in [0.717, 1.165) is 25.2 Å². The van der Waals surface area contributed by atoms with Crippen LogP contribution in [0.25, 0.3) is 0 Å². The molecular formula is C15H22N2OS. The molecule has 0 saturated carbocycles. The van der Waals surface area contributed by atoms with E-state index >= 15 is 0 Å². The molecule has 1 saturated heterocycles. The van der Waals surface area contributed by atoms with E-state index in [-0.39, 0.29) is 0 Å². The molecular weight excluding hydrogens is 256 g/mol. The predicted molar refractivity (Wildman–Crippen MR) is 80.5 cm³/mol. The molecule has 2 aliphatic rings. The Kier molecular flexibility index (Phi) is 4.31. The molecule has 3 N–H and O–H groups in total. The zero-order chi connectivity index (χ0) is 13.1. The molecule has 2 aliphatic heterocycles. The maximum absolute atomic E-state index is 5.80. The Hall–Kier alpha value is -0.710. The van der Waals surface area contributed by atoms with Gasteiger partial charge in [-0.1, -0.05) is 18.2 Å². The lowest BCUT2D eigenvalue weighted by atomic mass is 9.86. The number of nitrogens with one attached hydrogen (secondary N) is 1. The van der Waals surface area contributed by atoms with Crippen LogP contribution in [0.3, 0.4) is 0 Å². The smallest absolute Gasteiger partial charge is 0.122 e. The van der Waals surface area contributed by atoms with E-state index in [9.17, 15) is 0 Å². The average Bonchev–Trinajstić information content (AvgIpc) is 2.99. The summed E-state index contributed by atoms with van der Waals surface area (Å²) in [5.74, 6) is 8.72. The van der Waals surface area contributed by atoms with Crippen LogP contribution in [0.15, 0.2) is 24.3 Å². The highest BCUT2D eigenvalue weighted by Crippen LogP contribution is 2.39. The van der Waals surface area contributed by atoms with Crippen molar-refractivity contribution in [2.45, 2.75) is 42.9 Å². The minimum absolute atomic E-state index is 0.420. The van der Waals surface area contributed by atoms with Crippen molar-refractivity contribution < 1.29 is 4.74 Å². The molecule has 19 heavy (non-hydrogen) atoms. The maximum Gasteiger partial charge on any atom is 0.122 e. The van der Waals surface area contributed by atoms with Gasteiger partial charge in [0, 0.05) is 11.3 Å². The highest BCUT2D eigenvalue weighted by atomic mass is 32.2. The minimum atomic E-state index is 0.420. The van der Waals surface area contributed by atoms with Gasteiger partial charge in [-0.05, 0) is 49.0 Å². The van der Waals surface area contributed by atoms with Gasteiger partial charge in [-0.15, -0.1) is 0 Å². The van der Waals surface area contributed by atoms with Crippen LogP contribution in [0.1, 0.15) is 37.2 Å². The fourth-order valence-corrected chi connectivity index (χ4v) is 4.61. The SMILES string of the molecule is NNC(CC1CCOc2ccccc21)C1CCCS1. The summed E-state index contributed by atoms with van der Waals surface area (Å²) in [5.41, 5.74) is 4.42. The molecule has 1 aromatic rings. The molecule has 2 heterocycles. The third-order valence-corrected chi connectivity index (χ3v) is 5.77. The first-order valence-electron chi connectivity index (χ1n) is 7.18. The van der Waals surface area contributed by atoms with Gasteiger partial charge in [-0.2, -0.15) is 11.8 Å². The zero-order valence-corrected chi connectivity index (χ0v) is 12.0. The van der Waals surface area contributed by atoms with Gasteiger partial charge in [0.15, 0.2) is 0 Å². The van der Waals surface area contributed by atoms with Gasteiger partial charge in [0.05, 0.1) is 6.61 Å². The van der Waals surface area contributed by atoms with E-state index in [1.54, 1.807) is 0 Å². The van der Waals surface area contributed by atoms with E-state index in [1.807, 2.05) is 6.07 Å². The van der Waals surface area contributed by atoms with E-state index in [4.69, 9.17) is 10.6 Å². The lowest BCUT2D eigenvalue weighted by Gasteiger charge is -2.31. The second-order valence-corrected chi connectivity index (χ2v) is 6.78. The summed E-state index contributed by atoms with van der Waals surface area (Å²) in [4.78, 5) is 0. The van der Waals surface area contributed by atoms with Crippen molar-refractivity contribution in [1.82, 2.24) is 5.43 Å². The largest absolute Gasteiger partial charge is 0.493 e. The molecule has 0 radical (unpaired) electrons. The van der Waals surface area contributed by atoms with Gasteiger partial charge in [-0.25, -0.2) is 0 Å². The van der Waals surface area contributed by atoms with Crippen molar-refractivity contribution in [3.63, 3.8) is 0 Å². The van der Waals surface area contributed by atoms with E-state index in [1.165, 1.54) is 24.2 Å². The van der Waals surface area contributed by atoms with Crippen LogP contribution in [0.5, 0.6) is 5.75 Å². The number of fused-ring (bicyclic) bond motifs is 1. The second kappa shape index (κ2) is 6.16. The van der Waals surface area contributed by atoms with Gasteiger partial charge in [-0.3, -0.25) is 11.3 Å². The van der Waals surface area contributed by atoms with Gasteiger partial charge >= 0.3 is 0 Å². The van der Waals surface area contributed by atoms with Crippen LogP contribution in [-0.2, 0) is 0 Å². The van der Waals surface area contributed by atoms with Crippen molar-refractivity contribution in [2.75, 3.05) is 12.4 Å². The summed E-state index contributed by atoms with van der Waals surface area (Å²) in [6.45, 7) is 0.830.